The van der Waals surface area contributed by atoms with Gasteiger partial charge in [-0.25, -0.2) is 0 Å². The van der Waals surface area contributed by atoms with Crippen LogP contribution >= 0.6 is 12.2 Å². The normalized spacial score (nSPS) is 15.9. The molecule has 1 aromatic carbocycles. The second kappa shape index (κ2) is 8.83. The van der Waals surface area contributed by atoms with Gasteiger partial charge in [0.05, 0.1) is 0 Å². The average molecular weight is 302 g/mol. The molecular weight excluding hydrogens is 276 g/mol. The number of unbranched alkanes of at least 4 members (excludes halogenated alkanes) is 1. The number of hydrogen-bond donors (Lipinski definition) is 1. The minimum atomic E-state index is 0.970. The van der Waals surface area contributed by atoms with Crippen molar-refractivity contribution in [1.29, 1.82) is 0 Å². The minimum Gasteiger partial charge on any atom is -0.384 e. The number of hydrogen-bond acceptors (Lipinski definition) is 2. The highest BCUT2D eigenvalue weighted by molar-refractivity contribution is 7.80. The largest absolute Gasteiger partial charge is 0.384 e. The van der Waals surface area contributed by atoms with E-state index in [1.54, 1.807) is 0 Å². The van der Waals surface area contributed by atoms with Crippen molar-refractivity contribution >= 4 is 22.9 Å². The number of nitrogens with zero attached hydrogens (tertiary/aromatic N) is 1. The van der Waals surface area contributed by atoms with E-state index in [0.29, 0.717) is 0 Å². The lowest BCUT2D eigenvalue weighted by atomic mass is 10.1. The molecule has 1 N–H and O–H groups in total. The van der Waals surface area contributed by atoms with Gasteiger partial charge in [-0.05, 0) is 37.3 Å². The number of nitrogens with one attached hydrogen (secondary N) is 1. The Morgan fingerprint density at radius 1 is 1.19 bits per heavy atom. The fourth-order valence-electron chi connectivity index (χ4n) is 2.58. The van der Waals surface area contributed by atoms with E-state index in [1.807, 2.05) is 0 Å². The molecule has 1 fully saturated rings. The molecule has 0 amide bonds. The van der Waals surface area contributed by atoms with Gasteiger partial charge in [0.15, 0.2) is 0 Å². The first kappa shape index (κ1) is 16.0. The molecule has 0 saturated carbocycles. The zero-order chi connectivity index (χ0) is 14.9. The summed E-state index contributed by atoms with van der Waals surface area (Å²) in [7, 11) is 0. The van der Waals surface area contributed by atoms with Crippen LogP contribution in [0.3, 0.4) is 0 Å². The Balaban J connectivity index is 2.09. The monoisotopic (exact) mass is 302 g/mol. The summed E-state index contributed by atoms with van der Waals surface area (Å²) in [4.78, 5) is 3.31. The van der Waals surface area contributed by atoms with Crippen molar-refractivity contribution in [3.63, 3.8) is 0 Å². The van der Waals surface area contributed by atoms with E-state index < -0.39 is 0 Å². The molecule has 1 heterocycles. The van der Waals surface area contributed by atoms with Crippen molar-refractivity contribution in [1.82, 2.24) is 10.2 Å². The Hall–Kier alpha value is -1.35. The highest BCUT2D eigenvalue weighted by atomic mass is 32.1. The molecule has 0 radical (unpaired) electrons. The van der Waals surface area contributed by atoms with Crippen LogP contribution in [0.4, 0.5) is 0 Å². The lowest BCUT2D eigenvalue weighted by Gasteiger charge is -2.28. The molecule has 2 nitrogen and oxygen atoms in total. The molecule has 0 unspecified atom stereocenters. The molecule has 3 heteroatoms. The quantitative estimate of drug-likeness (QED) is 0.481. The van der Waals surface area contributed by atoms with Crippen LogP contribution in [0.15, 0.2) is 36.4 Å². The zero-order valence-corrected chi connectivity index (χ0v) is 13.8. The van der Waals surface area contributed by atoms with Gasteiger partial charge in [0.2, 0.25) is 0 Å². The molecule has 0 atom stereocenters. The number of piperidine rings is 1. The molecule has 0 aliphatic carbocycles. The Morgan fingerprint density at radius 2 is 1.90 bits per heavy atom. The summed E-state index contributed by atoms with van der Waals surface area (Å²) in [5.41, 5.74) is 2.37. The third-order valence-electron chi connectivity index (χ3n) is 3.87. The van der Waals surface area contributed by atoms with Gasteiger partial charge in [-0.2, -0.15) is 0 Å². The molecule has 1 saturated heterocycles. The van der Waals surface area contributed by atoms with Crippen molar-refractivity contribution in [2.45, 2.75) is 39.0 Å². The predicted octanol–water partition coefficient (Wildman–Crippen LogP) is 4.23. The molecule has 1 aromatic rings. The van der Waals surface area contributed by atoms with E-state index in [0.717, 1.165) is 30.3 Å². The Bertz CT molecular complexity index is 461. The second-order valence-corrected chi connectivity index (χ2v) is 6.01. The molecule has 114 valence electrons. The van der Waals surface area contributed by atoms with Crippen LogP contribution in [0.1, 0.15) is 44.6 Å². The van der Waals surface area contributed by atoms with Gasteiger partial charge in [0.1, 0.15) is 4.99 Å². The molecule has 1 aliphatic rings. The second-order valence-electron chi connectivity index (χ2n) is 5.59. The Morgan fingerprint density at radius 3 is 2.57 bits per heavy atom. The van der Waals surface area contributed by atoms with Gasteiger partial charge >= 0.3 is 0 Å². The van der Waals surface area contributed by atoms with Crippen molar-refractivity contribution in [3.8, 4) is 0 Å². The van der Waals surface area contributed by atoms with Gasteiger partial charge in [-0.3, -0.25) is 0 Å². The summed E-state index contributed by atoms with van der Waals surface area (Å²) in [6.07, 6.45) is 8.39. The summed E-state index contributed by atoms with van der Waals surface area (Å²) < 4.78 is 0. The topological polar surface area (TPSA) is 15.3 Å². The number of likely N-dealkylation sites (tertiary alicyclic amines) is 1. The summed E-state index contributed by atoms with van der Waals surface area (Å²) in [6.45, 7) is 5.42. The first-order valence-corrected chi connectivity index (χ1v) is 8.52. The van der Waals surface area contributed by atoms with Gasteiger partial charge in [-0.15, -0.1) is 0 Å². The maximum absolute atomic E-state index is 5.64. The molecule has 0 spiro atoms. The summed E-state index contributed by atoms with van der Waals surface area (Å²) in [5.74, 6) is 0. The maximum Gasteiger partial charge on any atom is 0.103 e. The number of benzene rings is 1. The summed E-state index contributed by atoms with van der Waals surface area (Å²) in [6, 6.07) is 10.5. The van der Waals surface area contributed by atoms with E-state index in [2.05, 4.69) is 53.5 Å². The van der Waals surface area contributed by atoms with Gasteiger partial charge in [0, 0.05) is 25.3 Å². The van der Waals surface area contributed by atoms with Crippen LogP contribution in [-0.2, 0) is 0 Å². The summed E-state index contributed by atoms with van der Waals surface area (Å²) in [5, 5.41) is 3.55. The van der Waals surface area contributed by atoms with E-state index in [9.17, 15) is 0 Å². The highest BCUT2D eigenvalue weighted by Gasteiger charge is 2.12. The smallest absolute Gasteiger partial charge is 0.103 e. The third-order valence-corrected chi connectivity index (χ3v) is 4.24. The molecule has 21 heavy (non-hydrogen) atoms. The Kier molecular flexibility index (Phi) is 6.74. The van der Waals surface area contributed by atoms with E-state index in [-0.39, 0.29) is 0 Å². The molecule has 0 aromatic heterocycles. The van der Waals surface area contributed by atoms with Gasteiger partial charge in [-0.1, -0.05) is 55.9 Å². The van der Waals surface area contributed by atoms with Gasteiger partial charge < -0.3 is 10.2 Å². The Labute approximate surface area is 134 Å². The van der Waals surface area contributed by atoms with E-state index >= 15 is 0 Å². The van der Waals surface area contributed by atoms with Crippen LogP contribution in [-0.4, -0.2) is 29.5 Å². The fraction of sp³-hybridized carbons (Fsp3) is 0.500. The standard InChI is InChI=1S/C18H26N2S/c1-2-3-12-19-17(16-10-6-4-7-11-16)15-18(21)20-13-8-5-9-14-20/h4,6-7,10-11,15,19H,2-3,5,8-9,12-14H2,1H3/b17-15-. The van der Waals surface area contributed by atoms with Crippen LogP contribution in [0.25, 0.3) is 5.70 Å². The fourth-order valence-corrected chi connectivity index (χ4v) is 2.88. The van der Waals surface area contributed by atoms with Crippen LogP contribution < -0.4 is 5.32 Å². The van der Waals surface area contributed by atoms with Gasteiger partial charge in [0.25, 0.3) is 0 Å². The van der Waals surface area contributed by atoms with Crippen LogP contribution in [0, 0.1) is 0 Å². The highest BCUT2D eigenvalue weighted by Crippen LogP contribution is 2.15. The summed E-state index contributed by atoms with van der Waals surface area (Å²) >= 11 is 5.64. The molecule has 0 bridgehead atoms. The minimum absolute atomic E-state index is 0.970. The molecular formula is C18H26N2S. The van der Waals surface area contributed by atoms with E-state index in [4.69, 9.17) is 12.2 Å². The first-order chi connectivity index (χ1) is 10.3. The number of thiocarbonyl (C=S) groups is 1. The predicted molar refractivity (Wildman–Crippen MR) is 95.4 cm³/mol. The first-order valence-electron chi connectivity index (χ1n) is 8.11. The lowest BCUT2D eigenvalue weighted by Crippen LogP contribution is -2.34. The lowest BCUT2D eigenvalue weighted by molar-refractivity contribution is 0.348. The van der Waals surface area contributed by atoms with Crippen LogP contribution in [0.2, 0.25) is 0 Å². The average Bonchev–Trinajstić information content (AvgIpc) is 2.55. The third kappa shape index (κ3) is 5.16. The van der Waals surface area contributed by atoms with Crippen molar-refractivity contribution in [3.05, 3.63) is 42.0 Å². The maximum atomic E-state index is 5.64. The van der Waals surface area contributed by atoms with Crippen molar-refractivity contribution < 1.29 is 0 Å². The zero-order valence-electron chi connectivity index (χ0n) is 13.0. The van der Waals surface area contributed by atoms with Crippen molar-refractivity contribution in [2.75, 3.05) is 19.6 Å². The van der Waals surface area contributed by atoms with Crippen molar-refractivity contribution in [2.24, 2.45) is 0 Å². The number of rotatable bonds is 6. The SMILES string of the molecule is CCCCN/C(=C\C(=S)N1CCCCC1)c1ccccc1. The van der Waals surface area contributed by atoms with Crippen LogP contribution in [0.5, 0.6) is 0 Å². The molecule has 2 rings (SSSR count). The van der Waals surface area contributed by atoms with E-state index in [1.165, 1.54) is 37.7 Å². The molecule has 1 aliphatic heterocycles.